The average Bonchev–Trinajstić information content (AvgIpc) is 2.73. The third kappa shape index (κ3) is 5.47. The quantitative estimate of drug-likeness (QED) is 0.768. The summed E-state index contributed by atoms with van der Waals surface area (Å²) in [6.07, 6.45) is 0. The summed E-state index contributed by atoms with van der Waals surface area (Å²) in [4.78, 5) is 26.4. The van der Waals surface area contributed by atoms with Crippen LogP contribution in [0.1, 0.15) is 17.3 Å². The first-order chi connectivity index (χ1) is 13.7. The second-order valence-electron chi connectivity index (χ2n) is 6.34. The number of rotatable bonds is 7. The highest BCUT2D eigenvalue weighted by Gasteiger charge is 2.18. The summed E-state index contributed by atoms with van der Waals surface area (Å²) < 4.78 is 10.7. The number of anilines is 2. The van der Waals surface area contributed by atoms with Gasteiger partial charge in [-0.15, -0.1) is 0 Å². The van der Waals surface area contributed by atoms with Gasteiger partial charge >= 0.3 is 0 Å². The van der Waals surface area contributed by atoms with E-state index in [1.54, 1.807) is 35.2 Å². The minimum absolute atomic E-state index is 0.00164. The summed E-state index contributed by atoms with van der Waals surface area (Å²) in [5, 5.41) is 5.89. The highest BCUT2D eigenvalue weighted by atomic mass is 16.5. The molecule has 0 atom stereocenters. The number of hydrogen-bond acceptors (Lipinski definition) is 5. The summed E-state index contributed by atoms with van der Waals surface area (Å²) in [5.41, 5.74) is 2.09. The molecule has 2 amide bonds. The van der Waals surface area contributed by atoms with Crippen LogP contribution >= 0.6 is 0 Å². The standard InChI is InChI=1S/C21H25N3O4/c1-2-28-19-5-3-4-18(14-19)23-20(25)15-22-17-8-6-16(7-9-17)21(26)24-10-12-27-13-11-24/h3-9,14,22H,2,10-13,15H2,1H3,(H,23,25). The fraction of sp³-hybridized carbons (Fsp3) is 0.333. The summed E-state index contributed by atoms with van der Waals surface area (Å²) in [5.74, 6) is 0.553. The predicted molar refractivity (Wildman–Crippen MR) is 108 cm³/mol. The van der Waals surface area contributed by atoms with Crippen molar-refractivity contribution in [2.75, 3.05) is 50.1 Å². The number of carbonyl (C=O) groups excluding carboxylic acids is 2. The summed E-state index contributed by atoms with van der Waals surface area (Å²) in [7, 11) is 0. The molecule has 0 aromatic heterocycles. The van der Waals surface area contributed by atoms with E-state index in [1.807, 2.05) is 25.1 Å². The van der Waals surface area contributed by atoms with Gasteiger partial charge in [0, 0.05) is 36.1 Å². The van der Waals surface area contributed by atoms with E-state index in [1.165, 1.54) is 0 Å². The van der Waals surface area contributed by atoms with Gasteiger partial charge in [-0.2, -0.15) is 0 Å². The van der Waals surface area contributed by atoms with E-state index < -0.39 is 0 Å². The zero-order valence-electron chi connectivity index (χ0n) is 15.9. The maximum absolute atomic E-state index is 12.4. The molecule has 0 saturated carbocycles. The second-order valence-corrected chi connectivity index (χ2v) is 6.34. The molecule has 0 spiro atoms. The third-order valence-corrected chi connectivity index (χ3v) is 4.31. The highest BCUT2D eigenvalue weighted by Crippen LogP contribution is 2.17. The molecule has 1 heterocycles. The number of carbonyl (C=O) groups is 2. The fourth-order valence-electron chi connectivity index (χ4n) is 2.90. The largest absolute Gasteiger partial charge is 0.494 e. The molecule has 1 aliphatic heterocycles. The first-order valence-corrected chi connectivity index (χ1v) is 9.39. The van der Waals surface area contributed by atoms with Crippen LogP contribution in [0.3, 0.4) is 0 Å². The Hall–Kier alpha value is -3.06. The Morgan fingerprint density at radius 3 is 2.54 bits per heavy atom. The first-order valence-electron chi connectivity index (χ1n) is 9.39. The minimum Gasteiger partial charge on any atom is -0.494 e. The van der Waals surface area contributed by atoms with E-state index in [9.17, 15) is 9.59 Å². The van der Waals surface area contributed by atoms with Gasteiger partial charge in [-0.25, -0.2) is 0 Å². The van der Waals surface area contributed by atoms with Crippen LogP contribution in [-0.2, 0) is 9.53 Å². The van der Waals surface area contributed by atoms with Crippen molar-refractivity contribution in [2.45, 2.75) is 6.92 Å². The third-order valence-electron chi connectivity index (χ3n) is 4.31. The van der Waals surface area contributed by atoms with Gasteiger partial charge in [-0.1, -0.05) is 6.07 Å². The Morgan fingerprint density at radius 2 is 1.82 bits per heavy atom. The van der Waals surface area contributed by atoms with E-state index in [0.717, 1.165) is 5.69 Å². The maximum atomic E-state index is 12.4. The van der Waals surface area contributed by atoms with Crippen LogP contribution in [0, 0.1) is 0 Å². The molecule has 0 radical (unpaired) electrons. The Morgan fingerprint density at radius 1 is 1.07 bits per heavy atom. The van der Waals surface area contributed by atoms with Crippen molar-refractivity contribution in [1.29, 1.82) is 0 Å². The number of nitrogens with one attached hydrogen (secondary N) is 2. The minimum atomic E-state index is -0.165. The number of amides is 2. The molecule has 28 heavy (non-hydrogen) atoms. The van der Waals surface area contributed by atoms with Crippen molar-refractivity contribution < 1.29 is 19.1 Å². The van der Waals surface area contributed by atoms with Crippen LogP contribution in [0.15, 0.2) is 48.5 Å². The number of benzene rings is 2. The number of hydrogen-bond donors (Lipinski definition) is 2. The zero-order chi connectivity index (χ0) is 19.8. The van der Waals surface area contributed by atoms with E-state index in [4.69, 9.17) is 9.47 Å². The van der Waals surface area contributed by atoms with Gasteiger partial charge in [0.2, 0.25) is 5.91 Å². The summed E-state index contributed by atoms with van der Waals surface area (Å²) in [6, 6.07) is 14.4. The molecule has 0 unspecified atom stereocenters. The molecule has 0 bridgehead atoms. The smallest absolute Gasteiger partial charge is 0.254 e. The van der Waals surface area contributed by atoms with Gasteiger partial charge in [-0.05, 0) is 43.3 Å². The maximum Gasteiger partial charge on any atom is 0.254 e. The van der Waals surface area contributed by atoms with Gasteiger partial charge in [0.25, 0.3) is 5.91 Å². The van der Waals surface area contributed by atoms with Crippen LogP contribution in [-0.4, -0.2) is 56.2 Å². The lowest BCUT2D eigenvalue weighted by Gasteiger charge is -2.26. The van der Waals surface area contributed by atoms with E-state index in [-0.39, 0.29) is 18.4 Å². The van der Waals surface area contributed by atoms with Crippen LogP contribution < -0.4 is 15.4 Å². The number of ether oxygens (including phenoxy) is 2. The van der Waals surface area contributed by atoms with E-state index in [0.29, 0.717) is 49.9 Å². The van der Waals surface area contributed by atoms with Crippen molar-refractivity contribution in [1.82, 2.24) is 4.90 Å². The lowest BCUT2D eigenvalue weighted by Crippen LogP contribution is -2.40. The zero-order valence-corrected chi connectivity index (χ0v) is 15.9. The topological polar surface area (TPSA) is 79.9 Å². The fourth-order valence-corrected chi connectivity index (χ4v) is 2.90. The summed E-state index contributed by atoms with van der Waals surface area (Å²) in [6.45, 7) is 4.99. The van der Waals surface area contributed by atoms with E-state index in [2.05, 4.69) is 10.6 Å². The molecular formula is C21H25N3O4. The lowest BCUT2D eigenvalue weighted by atomic mass is 10.1. The van der Waals surface area contributed by atoms with E-state index >= 15 is 0 Å². The molecule has 7 nitrogen and oxygen atoms in total. The normalized spacial score (nSPS) is 13.7. The van der Waals surface area contributed by atoms with Crippen molar-refractivity contribution >= 4 is 23.2 Å². The van der Waals surface area contributed by atoms with Gasteiger partial charge in [0.05, 0.1) is 26.4 Å². The molecule has 3 rings (SSSR count). The van der Waals surface area contributed by atoms with Crippen molar-refractivity contribution in [3.05, 3.63) is 54.1 Å². The van der Waals surface area contributed by atoms with Crippen molar-refractivity contribution in [3.8, 4) is 5.75 Å². The molecule has 1 aliphatic rings. The Kier molecular flexibility index (Phi) is 6.86. The molecule has 2 aromatic carbocycles. The Bertz CT molecular complexity index is 802. The molecule has 1 saturated heterocycles. The Balaban J connectivity index is 1.49. The predicted octanol–water partition coefficient (Wildman–Crippen LogP) is 2.61. The number of morpholine rings is 1. The SMILES string of the molecule is CCOc1cccc(NC(=O)CNc2ccc(C(=O)N3CCOCC3)cc2)c1. The molecule has 1 fully saturated rings. The molecule has 148 valence electrons. The monoisotopic (exact) mass is 383 g/mol. The van der Waals surface area contributed by atoms with Crippen LogP contribution in [0.4, 0.5) is 11.4 Å². The van der Waals surface area contributed by atoms with Gasteiger partial charge in [0.1, 0.15) is 5.75 Å². The molecule has 2 aromatic rings. The van der Waals surface area contributed by atoms with Gasteiger partial charge in [0.15, 0.2) is 0 Å². The average molecular weight is 383 g/mol. The second kappa shape index (κ2) is 9.75. The van der Waals surface area contributed by atoms with Crippen LogP contribution in [0.2, 0.25) is 0 Å². The lowest BCUT2D eigenvalue weighted by molar-refractivity contribution is -0.114. The molecular weight excluding hydrogens is 358 g/mol. The van der Waals surface area contributed by atoms with Crippen molar-refractivity contribution in [3.63, 3.8) is 0 Å². The molecule has 2 N–H and O–H groups in total. The molecule has 0 aliphatic carbocycles. The summed E-state index contributed by atoms with van der Waals surface area (Å²) >= 11 is 0. The first kappa shape index (κ1) is 19.7. The highest BCUT2D eigenvalue weighted by molar-refractivity contribution is 5.95. The Labute approximate surface area is 164 Å². The molecule has 7 heteroatoms. The van der Waals surface area contributed by atoms with Crippen molar-refractivity contribution in [2.24, 2.45) is 0 Å². The van der Waals surface area contributed by atoms with Crippen LogP contribution in [0.5, 0.6) is 5.75 Å². The number of nitrogens with zero attached hydrogens (tertiary/aromatic N) is 1. The van der Waals surface area contributed by atoms with Gasteiger partial charge < -0.3 is 25.0 Å². The van der Waals surface area contributed by atoms with Gasteiger partial charge in [-0.3, -0.25) is 9.59 Å². The van der Waals surface area contributed by atoms with Crippen LogP contribution in [0.25, 0.3) is 0 Å².